The van der Waals surface area contributed by atoms with Gasteiger partial charge in [0.25, 0.3) is 0 Å². The number of carboxylic acid groups (broad SMARTS) is 1. The Kier molecular flexibility index (Phi) is 22.7. The summed E-state index contributed by atoms with van der Waals surface area (Å²) in [6.45, 7) is -0.740. The zero-order valence-electron chi connectivity index (χ0n) is 28.7. The quantitative estimate of drug-likeness (QED) is 0.0325. The Labute approximate surface area is 421 Å². The second kappa shape index (κ2) is 22.6. The fraction of sp³-hybridized carbons (Fsp3) is 0.0400. The van der Waals surface area contributed by atoms with Crippen LogP contribution in [-0.2, 0) is 44.5 Å². The Balaban J connectivity index is 0.00000562. The maximum Gasteiger partial charge on any atom is 1.00 e. The zero-order chi connectivity index (χ0) is 35.7. The number of benzene rings is 4. The summed E-state index contributed by atoms with van der Waals surface area (Å²) in [6.07, 6.45) is 0. The molecule has 0 amide bonds. The van der Waals surface area contributed by atoms with Crippen LogP contribution in [0.5, 0.6) is 0 Å². The first kappa shape index (κ1) is 54.2. The summed E-state index contributed by atoms with van der Waals surface area (Å²) >= 11 is 0.341. The molecular weight excluding hydrogens is 852 g/mol. The first-order chi connectivity index (χ1) is 22.9. The van der Waals surface area contributed by atoms with Crippen molar-refractivity contribution < 1.29 is 211 Å². The van der Waals surface area contributed by atoms with Gasteiger partial charge in [-0.1, -0.05) is 12.1 Å². The van der Waals surface area contributed by atoms with Gasteiger partial charge in [0, 0.05) is 16.3 Å². The Morgan fingerprint density at radius 2 is 1.11 bits per heavy atom. The molecule has 5 rings (SSSR count). The average Bonchev–Trinajstić information content (AvgIpc) is 3.00. The van der Waals surface area contributed by atoms with Gasteiger partial charge in [0.1, 0.15) is 30.4 Å². The molecule has 29 heteroatoms. The molecule has 3 N–H and O–H groups in total. The van der Waals surface area contributed by atoms with Crippen molar-refractivity contribution in [3.05, 3.63) is 60.7 Å². The fourth-order valence-electron chi connectivity index (χ4n) is 4.41. The molecule has 0 aliphatic heterocycles. The summed E-state index contributed by atoms with van der Waals surface area (Å²) in [5, 5.41) is 32.4. The van der Waals surface area contributed by atoms with Crippen LogP contribution in [0.1, 0.15) is 0 Å². The minimum atomic E-state index is -5.22. The smallest absolute Gasteiger partial charge is 0.744 e. The molecule has 0 atom stereocenters. The van der Waals surface area contributed by atoms with E-state index in [9.17, 15) is 54.1 Å². The summed E-state index contributed by atoms with van der Waals surface area (Å²) in [6, 6.07) is 11.3. The second-order valence-corrected chi connectivity index (χ2v) is 14.4. The van der Waals surface area contributed by atoms with Crippen LogP contribution in [0.2, 0.25) is 0 Å². The van der Waals surface area contributed by atoms with Crippen molar-refractivity contribution in [2.75, 3.05) is 22.5 Å². The number of hydrogen-bond donors (Lipinski definition) is 3. The van der Waals surface area contributed by atoms with E-state index in [1.54, 1.807) is 0 Å². The van der Waals surface area contributed by atoms with Gasteiger partial charge in [0.2, 0.25) is 17.8 Å². The van der Waals surface area contributed by atoms with Crippen LogP contribution in [0.3, 0.4) is 0 Å². The summed E-state index contributed by atoms with van der Waals surface area (Å²) in [5.41, 5.74) is 0.285. The van der Waals surface area contributed by atoms with Crippen LogP contribution in [0.4, 0.5) is 29.2 Å². The number of carbonyl (C=O) groups excluding carboxylic acids is 1. The summed E-state index contributed by atoms with van der Waals surface area (Å²) < 4.78 is 110. The van der Waals surface area contributed by atoms with E-state index in [1.165, 1.54) is 36.4 Å². The number of rotatable bonds is 13. The predicted molar refractivity (Wildman–Crippen MR) is 160 cm³/mol. The minimum Gasteiger partial charge on any atom is -0.744 e. The number of carbonyl (C=O) groups is 1. The van der Waals surface area contributed by atoms with Crippen molar-refractivity contribution in [2.24, 2.45) is 0 Å². The maximum atomic E-state index is 11.9. The van der Waals surface area contributed by atoms with Crippen LogP contribution in [0.15, 0.2) is 80.2 Å². The van der Waals surface area contributed by atoms with Crippen LogP contribution in [0, 0.1) is 0 Å². The van der Waals surface area contributed by atoms with Gasteiger partial charge in [-0.3, -0.25) is 5.04 Å². The molecule has 0 spiro atoms. The molecule has 1 aromatic heterocycles. The van der Waals surface area contributed by atoms with Crippen molar-refractivity contribution in [2.45, 2.75) is 19.6 Å². The molecule has 0 radical (unpaired) electrons. The molecule has 0 fully saturated rings. The number of anilines is 5. The van der Waals surface area contributed by atoms with Gasteiger partial charge < -0.3 is 44.8 Å². The first-order valence-corrected chi connectivity index (χ1v) is 17.8. The fourth-order valence-corrected chi connectivity index (χ4v) is 6.99. The van der Waals surface area contributed by atoms with Crippen molar-refractivity contribution >= 4 is 99.1 Å². The summed E-state index contributed by atoms with van der Waals surface area (Å²) in [5.74, 6) is -2.33. The third kappa shape index (κ3) is 14.5. The molecular formula is C25H15N6Na5O14S4. The largest absolute Gasteiger partial charge is 1.00 e. The van der Waals surface area contributed by atoms with Gasteiger partial charge in [-0.15, -0.1) is 0 Å². The molecule has 258 valence electrons. The second-order valence-electron chi connectivity index (χ2n) is 9.58. The van der Waals surface area contributed by atoms with Crippen LogP contribution in [0.25, 0.3) is 21.5 Å². The van der Waals surface area contributed by atoms with E-state index in [2.05, 4.69) is 40.3 Å². The number of aromatic nitrogens is 3. The van der Waals surface area contributed by atoms with Gasteiger partial charge in [0.15, 0.2) is 0 Å². The minimum absolute atomic E-state index is 0. The summed E-state index contributed by atoms with van der Waals surface area (Å²) in [4.78, 5) is 20.8. The van der Waals surface area contributed by atoms with Crippen molar-refractivity contribution in [1.82, 2.24) is 15.0 Å². The molecule has 0 aliphatic carbocycles. The zero-order valence-corrected chi connectivity index (χ0v) is 41.9. The van der Waals surface area contributed by atoms with E-state index >= 15 is 0 Å². The Hall–Kier alpha value is 0.240. The first-order valence-electron chi connectivity index (χ1n) is 12.8. The van der Waals surface area contributed by atoms with Crippen LogP contribution >= 0.6 is 12.0 Å². The monoisotopic (exact) mass is 866 g/mol. The number of nitrogens with zero attached hydrogens (tertiary/aromatic N) is 3. The van der Waals surface area contributed by atoms with Gasteiger partial charge in [-0.25, -0.2) is 25.3 Å². The normalized spacial score (nSPS) is 11.1. The maximum absolute atomic E-state index is 11.9. The van der Waals surface area contributed by atoms with E-state index < -0.39 is 57.6 Å². The van der Waals surface area contributed by atoms with Gasteiger partial charge in [-0.2, -0.15) is 19.3 Å². The summed E-state index contributed by atoms with van der Waals surface area (Å²) in [7, 11) is -15.4. The standard InChI is InChI=1S/C25H20N6O14S4.5Na/c32-22(33)11-26-23-29-24(27-14-1-3-18-12(5-14)7-16(46-45-44-34)9-20(18)48(38,39)40)31-25(30-23)28-15-2-4-19-13(6-15)8-17(47(35,36)37)10-21(19)49(41,42)43;;;;;/h1-10,34H,11H2,(H,32,33)(H,35,36,37)(H,38,39,40)(H,41,42,43)(H3,26,27,28,29,30,31);;;;;/q;5*+1/p-5. The molecule has 0 aliphatic rings. The van der Waals surface area contributed by atoms with Crippen LogP contribution in [-0.4, -0.2) is 66.4 Å². The number of hydrogen-bond acceptors (Lipinski definition) is 21. The third-order valence-corrected chi connectivity index (χ3v) is 9.42. The van der Waals surface area contributed by atoms with E-state index in [0.717, 1.165) is 18.2 Å². The topological polar surface area (TPSA) is 328 Å². The number of aliphatic carboxylic acids is 1. The Morgan fingerprint density at radius 1 is 0.648 bits per heavy atom. The molecule has 0 saturated heterocycles. The van der Waals surface area contributed by atoms with Gasteiger partial charge in [0.05, 0.1) is 39.2 Å². The van der Waals surface area contributed by atoms with E-state index in [-0.39, 0.29) is 203 Å². The van der Waals surface area contributed by atoms with E-state index in [0.29, 0.717) is 18.1 Å². The molecule has 4 aromatic carbocycles. The van der Waals surface area contributed by atoms with Gasteiger partial charge in [-0.05, 0) is 70.1 Å². The third-order valence-electron chi connectivity index (χ3n) is 6.30. The average molecular weight is 867 g/mol. The Bertz CT molecular complexity index is 2490. The SMILES string of the molecule is O=C([O-])CNc1nc(Nc2ccc3c(S(=O)(=O)[O-])cc(SOO[O-])cc3c2)nc(Nc2ccc3c(S(=O)(=O)[O-])cc(S(=O)(=O)[O-])cc3c2)n1.[Na+].[Na+].[Na+].[Na+].[Na+]. The van der Waals surface area contributed by atoms with Crippen molar-refractivity contribution in [3.63, 3.8) is 0 Å². The predicted octanol–water partition coefficient (Wildman–Crippen LogP) is -15.2. The molecule has 0 saturated carbocycles. The molecule has 54 heavy (non-hydrogen) atoms. The van der Waals surface area contributed by atoms with Crippen molar-refractivity contribution in [3.8, 4) is 0 Å². The number of fused-ring (bicyclic) bond motifs is 2. The van der Waals surface area contributed by atoms with E-state index in [4.69, 9.17) is 0 Å². The van der Waals surface area contributed by atoms with Crippen molar-refractivity contribution in [1.29, 1.82) is 0 Å². The van der Waals surface area contributed by atoms with Gasteiger partial charge >= 0.3 is 148 Å². The van der Waals surface area contributed by atoms with Crippen LogP contribution < -0.4 is 174 Å². The Morgan fingerprint density at radius 3 is 1.56 bits per heavy atom. The molecule has 0 bridgehead atoms. The molecule has 20 nitrogen and oxygen atoms in total. The molecule has 0 unspecified atom stereocenters. The number of nitrogens with one attached hydrogen (secondary N) is 3. The van der Waals surface area contributed by atoms with E-state index in [1.807, 2.05) is 0 Å². The molecule has 5 aromatic rings. The molecule has 1 heterocycles. The number of carboxylic acids is 1.